The number of carbonyl (C=O) groups is 1. The van der Waals surface area contributed by atoms with Crippen LogP contribution in [-0.2, 0) is 11.3 Å². The van der Waals surface area contributed by atoms with Crippen molar-refractivity contribution in [2.24, 2.45) is 5.92 Å². The largest absolute Gasteiger partial charge is 0.480 e. The number of nitrogens with zero attached hydrogens (tertiary/aromatic N) is 3. The molecular formula is C16H25N3O2. The minimum absolute atomic E-state index is 0.308. The molecule has 1 aliphatic heterocycles. The number of aromatic nitrogens is 2. The zero-order chi connectivity index (χ0) is 15.0. The standard InChI is InChI=1S/C16H25N3O2/c1-11(2)19-13(7-8-17-19)10-18-14-6-4-3-5-12(14)9-15(18)16(20)21/h7-8,11-12,14-15H,3-6,9-10H2,1-2H3,(H,20,21). The minimum Gasteiger partial charge on any atom is -0.480 e. The third-order valence-corrected chi connectivity index (χ3v) is 5.09. The molecule has 0 bridgehead atoms. The predicted octanol–water partition coefficient (Wildman–Crippen LogP) is 2.68. The molecule has 0 amide bonds. The van der Waals surface area contributed by atoms with E-state index in [4.69, 9.17) is 0 Å². The van der Waals surface area contributed by atoms with E-state index in [1.165, 1.54) is 19.3 Å². The summed E-state index contributed by atoms with van der Waals surface area (Å²) in [6, 6.07) is 2.45. The highest BCUT2D eigenvalue weighted by Crippen LogP contribution is 2.40. The number of rotatable bonds is 4. The average Bonchev–Trinajstić information content (AvgIpc) is 3.04. The van der Waals surface area contributed by atoms with Gasteiger partial charge in [0.15, 0.2) is 0 Å². The fraction of sp³-hybridized carbons (Fsp3) is 0.750. The summed E-state index contributed by atoms with van der Waals surface area (Å²) in [6.45, 7) is 4.92. The number of carboxylic acids is 1. The second-order valence-electron chi connectivity index (χ2n) is 6.73. The maximum Gasteiger partial charge on any atom is 0.320 e. The molecule has 2 fully saturated rings. The molecule has 1 N–H and O–H groups in total. The minimum atomic E-state index is -0.667. The summed E-state index contributed by atoms with van der Waals surface area (Å²) in [5.41, 5.74) is 1.13. The van der Waals surface area contributed by atoms with Crippen LogP contribution in [0.15, 0.2) is 12.3 Å². The highest BCUT2D eigenvalue weighted by Gasteiger charge is 2.45. The summed E-state index contributed by atoms with van der Waals surface area (Å²) >= 11 is 0. The first-order valence-electron chi connectivity index (χ1n) is 8.09. The zero-order valence-corrected chi connectivity index (χ0v) is 12.9. The molecule has 5 nitrogen and oxygen atoms in total. The first-order valence-corrected chi connectivity index (χ1v) is 8.09. The van der Waals surface area contributed by atoms with E-state index in [0.29, 0.717) is 24.5 Å². The van der Waals surface area contributed by atoms with Crippen molar-refractivity contribution in [2.45, 2.75) is 70.6 Å². The van der Waals surface area contributed by atoms with Gasteiger partial charge in [-0.25, -0.2) is 0 Å². The summed E-state index contributed by atoms with van der Waals surface area (Å²) in [6.07, 6.45) is 7.45. The van der Waals surface area contributed by atoms with Crippen LogP contribution in [0.2, 0.25) is 0 Å². The maximum atomic E-state index is 11.6. The predicted molar refractivity (Wildman–Crippen MR) is 79.9 cm³/mol. The van der Waals surface area contributed by atoms with E-state index >= 15 is 0 Å². The number of hydrogen-bond acceptors (Lipinski definition) is 3. The maximum absolute atomic E-state index is 11.6. The molecule has 1 aromatic heterocycles. The monoisotopic (exact) mass is 291 g/mol. The number of aliphatic carboxylic acids is 1. The summed E-state index contributed by atoms with van der Waals surface area (Å²) in [7, 11) is 0. The lowest BCUT2D eigenvalue weighted by Crippen LogP contribution is -2.42. The van der Waals surface area contributed by atoms with Crippen LogP contribution in [-0.4, -0.2) is 37.8 Å². The van der Waals surface area contributed by atoms with Crippen LogP contribution in [0.25, 0.3) is 0 Å². The van der Waals surface area contributed by atoms with Gasteiger partial charge < -0.3 is 5.11 Å². The number of fused-ring (bicyclic) bond motifs is 1. The topological polar surface area (TPSA) is 58.4 Å². The van der Waals surface area contributed by atoms with Gasteiger partial charge in [0.25, 0.3) is 0 Å². The molecule has 2 heterocycles. The van der Waals surface area contributed by atoms with Crippen LogP contribution in [0.1, 0.15) is 57.7 Å². The molecule has 21 heavy (non-hydrogen) atoms. The Morgan fingerprint density at radius 3 is 2.90 bits per heavy atom. The second kappa shape index (κ2) is 5.79. The first kappa shape index (κ1) is 14.6. The third-order valence-electron chi connectivity index (χ3n) is 5.09. The van der Waals surface area contributed by atoms with Crippen molar-refractivity contribution < 1.29 is 9.90 Å². The van der Waals surface area contributed by atoms with E-state index < -0.39 is 5.97 Å². The Balaban J connectivity index is 1.83. The van der Waals surface area contributed by atoms with E-state index in [0.717, 1.165) is 18.5 Å². The normalized spacial score (nSPS) is 29.8. The lowest BCUT2D eigenvalue weighted by Gasteiger charge is -2.33. The van der Waals surface area contributed by atoms with Gasteiger partial charge >= 0.3 is 5.97 Å². The summed E-state index contributed by atoms with van der Waals surface area (Å²) in [5.74, 6) is -0.102. The molecule has 3 rings (SSSR count). The van der Waals surface area contributed by atoms with E-state index in [-0.39, 0.29) is 6.04 Å². The zero-order valence-electron chi connectivity index (χ0n) is 12.9. The first-order chi connectivity index (χ1) is 10.1. The average molecular weight is 291 g/mol. The molecule has 3 atom stereocenters. The molecule has 0 spiro atoms. The highest BCUT2D eigenvalue weighted by atomic mass is 16.4. The van der Waals surface area contributed by atoms with Crippen LogP contribution < -0.4 is 0 Å². The third kappa shape index (κ3) is 2.71. The van der Waals surface area contributed by atoms with Crippen LogP contribution in [0, 0.1) is 5.92 Å². The summed E-state index contributed by atoms with van der Waals surface area (Å²) in [5, 5.41) is 13.9. The Morgan fingerprint density at radius 1 is 1.43 bits per heavy atom. The Labute approximate surface area is 125 Å². The SMILES string of the molecule is CC(C)n1nccc1CN1C(C(=O)O)CC2CCCCC21. The summed E-state index contributed by atoms with van der Waals surface area (Å²) < 4.78 is 2.01. The molecule has 0 radical (unpaired) electrons. The Hall–Kier alpha value is -1.36. The number of likely N-dealkylation sites (tertiary alicyclic amines) is 1. The van der Waals surface area contributed by atoms with Gasteiger partial charge in [-0.15, -0.1) is 0 Å². The van der Waals surface area contributed by atoms with E-state index in [1.54, 1.807) is 0 Å². The molecule has 1 saturated carbocycles. The lowest BCUT2D eigenvalue weighted by molar-refractivity contribution is -0.143. The molecule has 116 valence electrons. The van der Waals surface area contributed by atoms with Crippen molar-refractivity contribution in [2.75, 3.05) is 0 Å². The highest BCUT2D eigenvalue weighted by molar-refractivity contribution is 5.74. The van der Waals surface area contributed by atoms with Gasteiger partial charge in [0.1, 0.15) is 6.04 Å². The van der Waals surface area contributed by atoms with Gasteiger partial charge in [0, 0.05) is 24.8 Å². The van der Waals surface area contributed by atoms with Crippen molar-refractivity contribution in [1.82, 2.24) is 14.7 Å². The molecular weight excluding hydrogens is 266 g/mol. The van der Waals surface area contributed by atoms with Crippen LogP contribution in [0.4, 0.5) is 0 Å². The van der Waals surface area contributed by atoms with Gasteiger partial charge in [-0.1, -0.05) is 12.8 Å². The fourth-order valence-electron chi connectivity index (χ4n) is 4.14. The van der Waals surface area contributed by atoms with Crippen LogP contribution in [0.5, 0.6) is 0 Å². The molecule has 1 aromatic rings. The van der Waals surface area contributed by atoms with Gasteiger partial charge in [-0.2, -0.15) is 5.10 Å². The van der Waals surface area contributed by atoms with Crippen molar-refractivity contribution in [1.29, 1.82) is 0 Å². The molecule has 1 aliphatic carbocycles. The van der Waals surface area contributed by atoms with Gasteiger partial charge in [0.05, 0.1) is 5.69 Å². The van der Waals surface area contributed by atoms with E-state index in [9.17, 15) is 9.90 Å². The quantitative estimate of drug-likeness (QED) is 0.926. The summed E-state index contributed by atoms with van der Waals surface area (Å²) in [4.78, 5) is 13.9. The Kier molecular flexibility index (Phi) is 4.02. The Bertz CT molecular complexity index is 511. The van der Waals surface area contributed by atoms with Crippen molar-refractivity contribution in [3.63, 3.8) is 0 Å². The van der Waals surface area contributed by atoms with E-state index in [2.05, 4.69) is 23.8 Å². The van der Waals surface area contributed by atoms with Crippen LogP contribution in [0.3, 0.4) is 0 Å². The van der Waals surface area contributed by atoms with Gasteiger partial charge in [-0.05, 0) is 45.1 Å². The van der Waals surface area contributed by atoms with E-state index in [1.807, 2.05) is 16.9 Å². The molecule has 5 heteroatoms. The fourth-order valence-corrected chi connectivity index (χ4v) is 4.14. The van der Waals surface area contributed by atoms with Crippen molar-refractivity contribution in [3.05, 3.63) is 18.0 Å². The second-order valence-corrected chi connectivity index (χ2v) is 6.73. The van der Waals surface area contributed by atoms with Crippen LogP contribution >= 0.6 is 0 Å². The smallest absolute Gasteiger partial charge is 0.320 e. The number of carboxylic acid groups (broad SMARTS) is 1. The van der Waals surface area contributed by atoms with Crippen molar-refractivity contribution >= 4 is 5.97 Å². The molecule has 0 aromatic carbocycles. The molecule has 1 saturated heterocycles. The van der Waals surface area contributed by atoms with Gasteiger partial charge in [0.2, 0.25) is 0 Å². The molecule has 2 aliphatic rings. The van der Waals surface area contributed by atoms with Gasteiger partial charge in [-0.3, -0.25) is 14.4 Å². The van der Waals surface area contributed by atoms with Crippen molar-refractivity contribution in [3.8, 4) is 0 Å². The lowest BCUT2D eigenvalue weighted by atomic mass is 9.85. The Morgan fingerprint density at radius 2 is 2.19 bits per heavy atom. The molecule has 3 unspecified atom stereocenters. The number of hydrogen-bond donors (Lipinski definition) is 1.